The van der Waals surface area contributed by atoms with Crippen LogP contribution in [0.3, 0.4) is 0 Å². The van der Waals surface area contributed by atoms with Gasteiger partial charge in [0.2, 0.25) is 0 Å². The molecule has 0 N–H and O–H groups in total. The molecule has 0 spiro atoms. The van der Waals surface area contributed by atoms with Gasteiger partial charge < -0.3 is 0 Å². The first-order valence-corrected chi connectivity index (χ1v) is 15.8. The van der Waals surface area contributed by atoms with Crippen molar-refractivity contribution in [2.24, 2.45) is 0 Å². The molecule has 0 unspecified atom stereocenters. The molecule has 0 aliphatic rings. The number of hydrogen-bond donors (Lipinski definition) is 0. The van der Waals surface area contributed by atoms with Crippen molar-refractivity contribution >= 4 is 10.8 Å². The summed E-state index contributed by atoms with van der Waals surface area (Å²) in [6.45, 7) is 0. The molecule has 0 saturated carbocycles. The minimum absolute atomic E-state index is 0.638. The van der Waals surface area contributed by atoms with E-state index in [0.29, 0.717) is 23.0 Å². The Morgan fingerprint density at radius 3 is 1.08 bits per heavy atom. The van der Waals surface area contributed by atoms with E-state index in [4.69, 9.17) is 20.2 Å². The fourth-order valence-electron chi connectivity index (χ4n) is 6.13. The van der Waals surface area contributed by atoms with E-state index in [-0.39, 0.29) is 0 Å². The van der Waals surface area contributed by atoms with Gasteiger partial charge in [-0.25, -0.2) is 15.0 Å². The highest BCUT2D eigenvalue weighted by atomic mass is 15.0. The first-order chi connectivity index (χ1) is 23.7. The molecule has 0 bridgehead atoms. The standard InChI is InChI=1S/C44H28N4/c45-29-30-17-19-31(20-18-30)32-21-23-33(24-22-32)38-13-7-16-41-39(14-8-15-40(38)41)34-25-27-37(28-26-34)44-47-42(35-9-3-1-4-10-35)46-43(48-44)36-11-5-2-6-12-36/h1-28H. The van der Waals surface area contributed by atoms with Crippen LogP contribution in [0.25, 0.3) is 78.3 Å². The third-order valence-corrected chi connectivity index (χ3v) is 8.62. The topological polar surface area (TPSA) is 62.5 Å². The Balaban J connectivity index is 1.14. The molecule has 224 valence electrons. The van der Waals surface area contributed by atoms with Gasteiger partial charge in [-0.1, -0.05) is 158 Å². The van der Waals surface area contributed by atoms with Crippen LogP contribution in [0.1, 0.15) is 5.56 Å². The summed E-state index contributed by atoms with van der Waals surface area (Å²) in [5, 5.41) is 11.5. The average Bonchev–Trinajstić information content (AvgIpc) is 3.18. The molecule has 0 radical (unpaired) electrons. The lowest BCUT2D eigenvalue weighted by molar-refractivity contribution is 1.07. The van der Waals surface area contributed by atoms with E-state index in [1.807, 2.05) is 84.9 Å². The zero-order valence-electron chi connectivity index (χ0n) is 26.0. The van der Waals surface area contributed by atoms with Crippen LogP contribution in [-0.4, -0.2) is 15.0 Å². The van der Waals surface area contributed by atoms with E-state index < -0.39 is 0 Å². The smallest absolute Gasteiger partial charge is 0.164 e. The number of nitrogens with zero attached hydrogens (tertiary/aromatic N) is 4. The van der Waals surface area contributed by atoms with Crippen LogP contribution in [-0.2, 0) is 0 Å². The summed E-state index contributed by atoms with van der Waals surface area (Å²) in [6, 6.07) is 60.1. The lowest BCUT2D eigenvalue weighted by atomic mass is 9.92. The lowest BCUT2D eigenvalue weighted by Crippen LogP contribution is -2.00. The number of nitriles is 1. The van der Waals surface area contributed by atoms with E-state index in [2.05, 4.69) is 91.0 Å². The molecule has 4 heteroatoms. The Morgan fingerprint density at radius 2 is 0.667 bits per heavy atom. The largest absolute Gasteiger partial charge is 0.208 e. The summed E-state index contributed by atoms with van der Waals surface area (Å²) < 4.78 is 0. The molecule has 48 heavy (non-hydrogen) atoms. The SMILES string of the molecule is N#Cc1ccc(-c2ccc(-c3cccc4c(-c5ccc(-c6nc(-c7ccccc7)nc(-c7ccccc7)n6)cc5)cccc34)cc2)cc1. The maximum absolute atomic E-state index is 9.13. The van der Waals surface area contributed by atoms with Gasteiger partial charge >= 0.3 is 0 Å². The molecule has 1 aromatic heterocycles. The van der Waals surface area contributed by atoms with Gasteiger partial charge in [0.25, 0.3) is 0 Å². The molecule has 4 nitrogen and oxygen atoms in total. The van der Waals surface area contributed by atoms with Crippen LogP contribution in [0.2, 0.25) is 0 Å². The highest BCUT2D eigenvalue weighted by Crippen LogP contribution is 2.36. The fourth-order valence-corrected chi connectivity index (χ4v) is 6.13. The van der Waals surface area contributed by atoms with Gasteiger partial charge in [0.1, 0.15) is 0 Å². The van der Waals surface area contributed by atoms with Crippen molar-refractivity contribution in [1.29, 1.82) is 5.26 Å². The van der Waals surface area contributed by atoms with E-state index in [0.717, 1.165) is 38.9 Å². The quantitative estimate of drug-likeness (QED) is 0.187. The fraction of sp³-hybridized carbons (Fsp3) is 0. The van der Waals surface area contributed by atoms with Crippen molar-refractivity contribution in [3.05, 3.63) is 175 Å². The average molecular weight is 613 g/mol. The predicted molar refractivity (Wildman–Crippen MR) is 195 cm³/mol. The van der Waals surface area contributed by atoms with Gasteiger partial charge in [-0.15, -0.1) is 0 Å². The molecule has 7 aromatic carbocycles. The summed E-state index contributed by atoms with van der Waals surface area (Å²) in [5.74, 6) is 1.93. The molecule has 0 aliphatic carbocycles. The zero-order valence-corrected chi connectivity index (χ0v) is 26.0. The van der Waals surface area contributed by atoms with Gasteiger partial charge in [0, 0.05) is 16.7 Å². The van der Waals surface area contributed by atoms with Crippen molar-refractivity contribution < 1.29 is 0 Å². The summed E-state index contributed by atoms with van der Waals surface area (Å²) in [6.07, 6.45) is 0. The summed E-state index contributed by atoms with van der Waals surface area (Å²) in [5.41, 5.74) is 10.3. The molecule has 8 rings (SSSR count). The molecule has 0 amide bonds. The molecule has 0 aliphatic heterocycles. The maximum atomic E-state index is 9.13. The van der Waals surface area contributed by atoms with Gasteiger partial charge in [-0.2, -0.15) is 5.26 Å². The van der Waals surface area contributed by atoms with Gasteiger partial charge in [-0.05, 0) is 56.3 Å². The number of benzene rings is 7. The van der Waals surface area contributed by atoms with E-state index in [1.54, 1.807) is 0 Å². The van der Waals surface area contributed by atoms with E-state index in [9.17, 15) is 0 Å². The third kappa shape index (κ3) is 5.62. The van der Waals surface area contributed by atoms with Crippen LogP contribution < -0.4 is 0 Å². The molecular weight excluding hydrogens is 585 g/mol. The maximum Gasteiger partial charge on any atom is 0.164 e. The van der Waals surface area contributed by atoms with Crippen molar-refractivity contribution in [3.63, 3.8) is 0 Å². The highest BCUT2D eigenvalue weighted by molar-refractivity contribution is 6.04. The second-order valence-electron chi connectivity index (χ2n) is 11.6. The molecular formula is C44H28N4. The van der Waals surface area contributed by atoms with Gasteiger partial charge in [0.05, 0.1) is 11.6 Å². The van der Waals surface area contributed by atoms with Crippen LogP contribution in [0.15, 0.2) is 170 Å². The normalized spacial score (nSPS) is 10.9. The molecule has 0 fully saturated rings. The molecule has 0 atom stereocenters. The Bertz CT molecular complexity index is 2350. The summed E-state index contributed by atoms with van der Waals surface area (Å²) in [7, 11) is 0. The number of fused-ring (bicyclic) bond motifs is 1. The van der Waals surface area contributed by atoms with E-state index >= 15 is 0 Å². The van der Waals surface area contributed by atoms with Crippen molar-refractivity contribution in [2.75, 3.05) is 0 Å². The third-order valence-electron chi connectivity index (χ3n) is 8.62. The Morgan fingerprint density at radius 1 is 0.312 bits per heavy atom. The number of hydrogen-bond acceptors (Lipinski definition) is 4. The first kappa shape index (κ1) is 28.8. The van der Waals surface area contributed by atoms with E-state index in [1.165, 1.54) is 21.9 Å². The monoisotopic (exact) mass is 612 g/mol. The Labute approximate surface area is 279 Å². The minimum Gasteiger partial charge on any atom is -0.208 e. The number of aromatic nitrogens is 3. The second-order valence-corrected chi connectivity index (χ2v) is 11.6. The molecule has 8 aromatic rings. The van der Waals surface area contributed by atoms with Gasteiger partial charge in [0.15, 0.2) is 17.5 Å². The Hall–Kier alpha value is -6.70. The molecule has 0 saturated heterocycles. The Kier molecular flexibility index (Phi) is 7.54. The number of rotatable bonds is 6. The van der Waals surface area contributed by atoms with Crippen LogP contribution in [0, 0.1) is 11.3 Å². The van der Waals surface area contributed by atoms with Crippen LogP contribution >= 0.6 is 0 Å². The first-order valence-electron chi connectivity index (χ1n) is 15.8. The minimum atomic E-state index is 0.638. The van der Waals surface area contributed by atoms with Crippen LogP contribution in [0.5, 0.6) is 0 Å². The van der Waals surface area contributed by atoms with Crippen molar-refractivity contribution in [2.45, 2.75) is 0 Å². The lowest BCUT2D eigenvalue weighted by Gasteiger charge is -2.13. The van der Waals surface area contributed by atoms with Crippen molar-refractivity contribution in [3.8, 4) is 73.6 Å². The highest BCUT2D eigenvalue weighted by Gasteiger charge is 2.14. The van der Waals surface area contributed by atoms with Crippen molar-refractivity contribution in [1.82, 2.24) is 15.0 Å². The summed E-state index contributed by atoms with van der Waals surface area (Å²) >= 11 is 0. The predicted octanol–water partition coefficient (Wildman–Crippen LogP) is 10.9. The summed E-state index contributed by atoms with van der Waals surface area (Å²) in [4.78, 5) is 14.6. The van der Waals surface area contributed by atoms with Gasteiger partial charge in [-0.3, -0.25) is 0 Å². The second kappa shape index (κ2) is 12.6. The molecule has 1 heterocycles. The van der Waals surface area contributed by atoms with Crippen LogP contribution in [0.4, 0.5) is 0 Å². The zero-order chi connectivity index (χ0) is 32.3.